The Morgan fingerprint density at radius 2 is 1.73 bits per heavy atom. The summed E-state index contributed by atoms with van der Waals surface area (Å²) < 4.78 is 6.19. The molecule has 4 aromatic rings. The van der Waals surface area contributed by atoms with Gasteiger partial charge in [0.25, 0.3) is 5.91 Å². The first-order valence-electron chi connectivity index (χ1n) is 17.1. The highest BCUT2D eigenvalue weighted by Crippen LogP contribution is 2.28. The Morgan fingerprint density at radius 3 is 2.42 bits per heavy atom. The van der Waals surface area contributed by atoms with Crippen molar-refractivity contribution >= 4 is 17.5 Å². The molecule has 0 radical (unpaired) electrons. The Labute approximate surface area is 290 Å². The van der Waals surface area contributed by atoms with E-state index < -0.39 is 0 Å². The van der Waals surface area contributed by atoms with Gasteiger partial charge in [-0.2, -0.15) is 5.26 Å². The van der Waals surface area contributed by atoms with Crippen molar-refractivity contribution in [3.05, 3.63) is 117 Å². The summed E-state index contributed by atoms with van der Waals surface area (Å²) in [6.07, 6.45) is 2.80. The molecule has 8 heteroatoms. The number of hydrogen-bond donors (Lipinski definition) is 3. The minimum atomic E-state index is -0.227. The summed E-state index contributed by atoms with van der Waals surface area (Å²) in [4.78, 5) is 16.3. The number of nitrogens with zero attached hydrogens (tertiary/aromatic N) is 2. The summed E-state index contributed by atoms with van der Waals surface area (Å²) in [6, 6.07) is 28.0. The largest absolute Gasteiger partial charge is 0.460 e. The van der Waals surface area contributed by atoms with E-state index in [1.165, 1.54) is 11.1 Å². The molecule has 48 heavy (non-hydrogen) atoms. The third-order valence-electron chi connectivity index (χ3n) is 9.08. The van der Waals surface area contributed by atoms with Crippen molar-refractivity contribution in [3.8, 4) is 17.4 Å². The van der Waals surface area contributed by atoms with E-state index in [9.17, 15) is 10.1 Å². The van der Waals surface area contributed by atoms with E-state index in [4.69, 9.17) is 16.0 Å². The average molecular weight is 666 g/mol. The summed E-state index contributed by atoms with van der Waals surface area (Å²) in [7, 11) is 0. The Hall–Kier alpha value is -3.93. The topological polar surface area (TPSA) is 93.3 Å². The SMILES string of the molecule is Cc1ccc([C@@H](C)NCc2ccc(-c3ccc(Cl)c(C(=O)N[C@@H](CNC4CCN(CC(C)C)CC4)Cc4ccc(C#N)cc4)c3)o2)cc1. The summed E-state index contributed by atoms with van der Waals surface area (Å²) in [5.74, 6) is 1.93. The second kappa shape index (κ2) is 16.9. The van der Waals surface area contributed by atoms with Gasteiger partial charge in [-0.15, -0.1) is 0 Å². The molecule has 3 aromatic carbocycles. The fourth-order valence-electron chi connectivity index (χ4n) is 6.29. The van der Waals surface area contributed by atoms with Gasteiger partial charge in [-0.3, -0.25) is 4.79 Å². The highest BCUT2D eigenvalue weighted by molar-refractivity contribution is 6.34. The quantitative estimate of drug-likeness (QED) is 0.128. The van der Waals surface area contributed by atoms with Gasteiger partial charge in [0.05, 0.1) is 28.8 Å². The number of rotatable bonds is 14. The van der Waals surface area contributed by atoms with E-state index in [-0.39, 0.29) is 18.0 Å². The summed E-state index contributed by atoms with van der Waals surface area (Å²) in [6.45, 7) is 13.3. The van der Waals surface area contributed by atoms with Crippen LogP contribution < -0.4 is 16.0 Å². The molecule has 1 aliphatic heterocycles. The number of piperidine rings is 1. The molecule has 0 bridgehead atoms. The third-order valence-corrected chi connectivity index (χ3v) is 9.41. The van der Waals surface area contributed by atoms with Gasteiger partial charge in [-0.05, 0) is 106 Å². The van der Waals surface area contributed by atoms with Gasteiger partial charge >= 0.3 is 0 Å². The zero-order valence-corrected chi connectivity index (χ0v) is 29.3. The van der Waals surface area contributed by atoms with Gasteiger partial charge in [0.2, 0.25) is 0 Å². The molecular formula is C40H48ClN5O2. The van der Waals surface area contributed by atoms with Crippen LogP contribution in [0.3, 0.4) is 0 Å². The minimum Gasteiger partial charge on any atom is -0.460 e. The molecule has 1 aliphatic rings. The Kier molecular flexibility index (Phi) is 12.5. The summed E-state index contributed by atoms with van der Waals surface area (Å²) in [5.41, 5.74) is 5.33. The van der Waals surface area contributed by atoms with Crippen molar-refractivity contribution in [2.75, 3.05) is 26.2 Å². The van der Waals surface area contributed by atoms with Gasteiger partial charge in [0.15, 0.2) is 0 Å². The van der Waals surface area contributed by atoms with E-state index >= 15 is 0 Å². The Bertz CT molecular complexity index is 1670. The second-order valence-corrected chi connectivity index (χ2v) is 13.9. The van der Waals surface area contributed by atoms with Crippen molar-refractivity contribution in [1.82, 2.24) is 20.9 Å². The van der Waals surface area contributed by atoms with E-state index in [1.807, 2.05) is 42.5 Å². The zero-order chi connectivity index (χ0) is 34.0. The fourth-order valence-corrected chi connectivity index (χ4v) is 6.49. The van der Waals surface area contributed by atoms with Crippen LogP contribution in [0.15, 0.2) is 83.3 Å². The molecule has 2 atom stereocenters. The molecule has 1 fully saturated rings. The van der Waals surface area contributed by atoms with Crippen molar-refractivity contribution in [1.29, 1.82) is 5.26 Å². The van der Waals surface area contributed by atoms with Crippen molar-refractivity contribution in [2.24, 2.45) is 5.92 Å². The maximum atomic E-state index is 13.8. The number of amides is 1. The van der Waals surface area contributed by atoms with Gasteiger partial charge in [0, 0.05) is 36.8 Å². The molecule has 1 amide bonds. The molecule has 2 heterocycles. The lowest BCUT2D eigenvalue weighted by Gasteiger charge is -2.34. The van der Waals surface area contributed by atoms with E-state index in [0.717, 1.165) is 49.4 Å². The molecular weight excluding hydrogens is 618 g/mol. The highest BCUT2D eigenvalue weighted by Gasteiger charge is 2.23. The van der Waals surface area contributed by atoms with Gasteiger partial charge < -0.3 is 25.3 Å². The predicted octanol–water partition coefficient (Wildman–Crippen LogP) is 7.68. The van der Waals surface area contributed by atoms with Crippen LogP contribution in [-0.2, 0) is 13.0 Å². The zero-order valence-electron chi connectivity index (χ0n) is 28.6. The Balaban J connectivity index is 1.24. The first kappa shape index (κ1) is 35.4. The molecule has 0 spiro atoms. The highest BCUT2D eigenvalue weighted by atomic mass is 35.5. The molecule has 0 aliphatic carbocycles. The van der Waals surface area contributed by atoms with Gasteiger partial charge in [-0.25, -0.2) is 0 Å². The second-order valence-electron chi connectivity index (χ2n) is 13.5. The lowest BCUT2D eigenvalue weighted by molar-refractivity contribution is 0.0934. The van der Waals surface area contributed by atoms with Crippen molar-refractivity contribution < 1.29 is 9.21 Å². The molecule has 1 saturated heterocycles. The first-order chi connectivity index (χ1) is 23.2. The van der Waals surface area contributed by atoms with Crippen LogP contribution in [0.5, 0.6) is 0 Å². The predicted molar refractivity (Wildman–Crippen MR) is 194 cm³/mol. The molecule has 0 saturated carbocycles. The van der Waals surface area contributed by atoms with Crippen LogP contribution in [0.1, 0.15) is 78.0 Å². The molecule has 1 aromatic heterocycles. The maximum Gasteiger partial charge on any atom is 0.253 e. The van der Waals surface area contributed by atoms with Gasteiger partial charge in [0.1, 0.15) is 11.5 Å². The number of likely N-dealkylation sites (tertiary alicyclic amines) is 1. The Morgan fingerprint density at radius 1 is 1.00 bits per heavy atom. The average Bonchev–Trinajstić information content (AvgIpc) is 3.56. The number of carbonyl (C=O) groups is 1. The molecule has 0 unspecified atom stereocenters. The van der Waals surface area contributed by atoms with Crippen LogP contribution in [0, 0.1) is 24.2 Å². The number of hydrogen-bond acceptors (Lipinski definition) is 6. The number of halogens is 1. The lowest BCUT2D eigenvalue weighted by Crippen LogP contribution is -2.49. The molecule has 252 valence electrons. The van der Waals surface area contributed by atoms with E-state index in [0.29, 0.717) is 53.4 Å². The number of aryl methyl sites for hydroxylation is 1. The van der Waals surface area contributed by atoms with Crippen molar-refractivity contribution in [3.63, 3.8) is 0 Å². The van der Waals surface area contributed by atoms with Crippen molar-refractivity contribution in [2.45, 2.75) is 71.6 Å². The van der Waals surface area contributed by atoms with Gasteiger partial charge in [-0.1, -0.05) is 67.4 Å². The fraction of sp³-hybridized carbons (Fsp3) is 0.400. The molecule has 5 rings (SSSR count). The molecule has 3 N–H and O–H groups in total. The standard InChI is InChI=1S/C40H48ClN5O2/c1-27(2)26-46-19-17-34(18-20-46)44-24-35(21-30-7-9-31(23-42)10-8-30)45-40(47)37-22-33(13-15-38(37)41)39-16-14-36(48-39)25-43-29(4)32-11-5-28(3)6-12-32/h5-16,22,27,29,34-35,43-44H,17-21,24-26H2,1-4H3,(H,45,47)/t29-,35-/m1/s1. The first-order valence-corrected chi connectivity index (χ1v) is 17.5. The summed E-state index contributed by atoms with van der Waals surface area (Å²) >= 11 is 6.61. The number of nitriles is 1. The number of nitrogens with one attached hydrogen (secondary N) is 3. The molecule has 7 nitrogen and oxygen atoms in total. The smallest absolute Gasteiger partial charge is 0.253 e. The number of benzene rings is 3. The number of carbonyl (C=O) groups excluding carboxylic acids is 1. The monoisotopic (exact) mass is 665 g/mol. The van der Waals surface area contributed by atoms with E-state index in [2.05, 4.69) is 78.9 Å². The summed E-state index contributed by atoms with van der Waals surface area (Å²) in [5, 5.41) is 20.1. The van der Waals surface area contributed by atoms with Crippen LogP contribution in [0.25, 0.3) is 11.3 Å². The maximum absolute atomic E-state index is 13.8. The van der Waals surface area contributed by atoms with E-state index in [1.54, 1.807) is 12.1 Å². The lowest BCUT2D eigenvalue weighted by atomic mass is 10.0. The number of furan rings is 1. The van der Waals surface area contributed by atoms with Crippen LogP contribution >= 0.6 is 11.6 Å². The minimum absolute atomic E-state index is 0.171. The van der Waals surface area contributed by atoms with Crippen LogP contribution in [0.2, 0.25) is 5.02 Å². The van der Waals surface area contributed by atoms with Crippen LogP contribution in [0.4, 0.5) is 0 Å². The third kappa shape index (κ3) is 10.0. The van der Waals surface area contributed by atoms with Crippen LogP contribution in [-0.4, -0.2) is 49.1 Å². The normalized spacial score (nSPS) is 15.3.